The van der Waals surface area contributed by atoms with E-state index in [0.29, 0.717) is 12.0 Å². The van der Waals surface area contributed by atoms with Gasteiger partial charge >= 0.3 is 12.0 Å². The van der Waals surface area contributed by atoms with Crippen LogP contribution in [0.5, 0.6) is 0 Å². The molecule has 1 aliphatic heterocycles. The first-order valence-corrected chi connectivity index (χ1v) is 9.31. The van der Waals surface area contributed by atoms with Crippen molar-refractivity contribution in [2.75, 3.05) is 11.4 Å². The van der Waals surface area contributed by atoms with E-state index in [2.05, 4.69) is 5.32 Å². The van der Waals surface area contributed by atoms with Crippen molar-refractivity contribution in [1.29, 1.82) is 0 Å². The Bertz CT molecular complexity index is 1090. The SMILES string of the molecule is NC(=O)N[C@](N)(CN1c2ccccc2C[C@H]1C(=O)O)c1cccc2ccccc12. The van der Waals surface area contributed by atoms with Crippen LogP contribution in [0.25, 0.3) is 10.8 Å². The first-order valence-electron chi connectivity index (χ1n) is 9.31. The summed E-state index contributed by atoms with van der Waals surface area (Å²) in [5.41, 5.74) is 13.2. The highest BCUT2D eigenvalue weighted by atomic mass is 16.4. The Hall–Kier alpha value is -3.58. The molecule has 2 amide bonds. The number of hydrogen-bond acceptors (Lipinski definition) is 4. The molecule has 1 heterocycles. The molecule has 4 rings (SSSR count). The molecule has 0 radical (unpaired) electrons. The zero-order chi connectivity index (χ0) is 20.6. The third-order valence-corrected chi connectivity index (χ3v) is 5.41. The molecule has 7 heteroatoms. The summed E-state index contributed by atoms with van der Waals surface area (Å²) >= 11 is 0. The molecule has 7 nitrogen and oxygen atoms in total. The zero-order valence-corrected chi connectivity index (χ0v) is 15.7. The van der Waals surface area contributed by atoms with Crippen LogP contribution in [0.2, 0.25) is 0 Å². The third kappa shape index (κ3) is 3.36. The molecule has 6 N–H and O–H groups in total. The van der Waals surface area contributed by atoms with Gasteiger partial charge in [0.15, 0.2) is 0 Å². The molecule has 2 atom stereocenters. The molecule has 0 aromatic heterocycles. The molecular weight excluding hydrogens is 368 g/mol. The van der Waals surface area contributed by atoms with Gasteiger partial charge in [0.1, 0.15) is 11.7 Å². The maximum absolute atomic E-state index is 11.9. The molecule has 0 spiro atoms. The number of nitrogens with two attached hydrogens (primary N) is 2. The molecule has 3 aromatic carbocycles. The van der Waals surface area contributed by atoms with Gasteiger partial charge in [0.25, 0.3) is 0 Å². The number of hydrogen-bond donors (Lipinski definition) is 4. The summed E-state index contributed by atoms with van der Waals surface area (Å²) in [5.74, 6) is -0.944. The maximum Gasteiger partial charge on any atom is 0.326 e. The lowest BCUT2D eigenvalue weighted by atomic mass is 9.93. The van der Waals surface area contributed by atoms with Crippen molar-refractivity contribution >= 4 is 28.5 Å². The summed E-state index contributed by atoms with van der Waals surface area (Å²) in [7, 11) is 0. The van der Waals surface area contributed by atoms with Gasteiger partial charge in [-0.3, -0.25) is 0 Å². The number of carboxylic acids is 1. The first-order chi connectivity index (χ1) is 13.9. The molecule has 29 heavy (non-hydrogen) atoms. The second kappa shape index (κ2) is 7.10. The van der Waals surface area contributed by atoms with Crippen molar-refractivity contribution in [3.8, 4) is 0 Å². The molecular formula is C22H22N4O3. The Morgan fingerprint density at radius 1 is 1.07 bits per heavy atom. The highest BCUT2D eigenvalue weighted by Gasteiger charge is 2.41. The summed E-state index contributed by atoms with van der Waals surface area (Å²) < 4.78 is 0. The average molecular weight is 390 g/mol. The van der Waals surface area contributed by atoms with Crippen LogP contribution in [0.3, 0.4) is 0 Å². The van der Waals surface area contributed by atoms with Gasteiger partial charge in [0.2, 0.25) is 0 Å². The lowest BCUT2D eigenvalue weighted by Gasteiger charge is -2.37. The van der Waals surface area contributed by atoms with E-state index in [-0.39, 0.29) is 6.54 Å². The van der Waals surface area contributed by atoms with E-state index in [1.807, 2.05) is 66.7 Å². The van der Waals surface area contributed by atoms with Gasteiger partial charge in [0.05, 0.1) is 6.54 Å². The Morgan fingerprint density at radius 3 is 2.52 bits per heavy atom. The number of amides is 2. The van der Waals surface area contributed by atoms with Crippen molar-refractivity contribution in [2.24, 2.45) is 11.5 Å². The molecule has 0 saturated carbocycles. The van der Waals surface area contributed by atoms with Crippen LogP contribution >= 0.6 is 0 Å². The minimum Gasteiger partial charge on any atom is -0.480 e. The second-order valence-electron chi connectivity index (χ2n) is 7.30. The van der Waals surface area contributed by atoms with E-state index in [1.54, 1.807) is 4.90 Å². The van der Waals surface area contributed by atoms with Crippen molar-refractivity contribution in [2.45, 2.75) is 18.1 Å². The number of para-hydroxylation sites is 1. The Kier molecular flexibility index (Phi) is 4.60. The second-order valence-corrected chi connectivity index (χ2v) is 7.30. The number of aliphatic carboxylic acids is 1. The van der Waals surface area contributed by atoms with Gasteiger partial charge in [0, 0.05) is 17.7 Å². The lowest BCUT2D eigenvalue weighted by molar-refractivity contribution is -0.138. The van der Waals surface area contributed by atoms with E-state index in [1.165, 1.54) is 0 Å². The van der Waals surface area contributed by atoms with Crippen LogP contribution in [0.1, 0.15) is 11.1 Å². The van der Waals surface area contributed by atoms with Crippen LogP contribution in [0.4, 0.5) is 10.5 Å². The topological polar surface area (TPSA) is 122 Å². The third-order valence-electron chi connectivity index (χ3n) is 5.41. The summed E-state index contributed by atoms with van der Waals surface area (Å²) in [6.45, 7) is 0.0535. The van der Waals surface area contributed by atoms with Gasteiger partial charge in [-0.25, -0.2) is 9.59 Å². The van der Waals surface area contributed by atoms with Crippen LogP contribution < -0.4 is 21.7 Å². The fourth-order valence-electron chi connectivity index (χ4n) is 4.16. The van der Waals surface area contributed by atoms with Gasteiger partial charge < -0.3 is 26.8 Å². The Morgan fingerprint density at radius 2 is 1.76 bits per heavy atom. The standard InChI is InChI=1S/C22H22N4O3/c23-21(29)25-22(24,17-10-5-8-14-6-1-3-9-16(14)17)13-26-18-11-4-2-7-15(18)12-19(26)20(27)28/h1-11,19H,12-13,24H2,(H,27,28)(H3,23,25,29)/t19-,22+/m0/s1. The van der Waals surface area contributed by atoms with Crippen LogP contribution in [-0.2, 0) is 16.9 Å². The minimum atomic E-state index is -1.39. The van der Waals surface area contributed by atoms with Crippen LogP contribution in [0, 0.1) is 0 Å². The number of carbonyl (C=O) groups excluding carboxylic acids is 1. The first kappa shape index (κ1) is 18.8. The van der Waals surface area contributed by atoms with Gasteiger partial charge in [-0.05, 0) is 22.4 Å². The monoisotopic (exact) mass is 390 g/mol. The van der Waals surface area contributed by atoms with Gasteiger partial charge in [-0.2, -0.15) is 0 Å². The number of primary amides is 1. The predicted octanol–water partition coefficient (Wildman–Crippen LogP) is 2.14. The molecule has 0 aliphatic carbocycles. The van der Waals surface area contributed by atoms with E-state index in [4.69, 9.17) is 11.5 Å². The number of nitrogens with zero attached hydrogens (tertiary/aromatic N) is 1. The molecule has 3 aromatic rings. The highest BCUT2D eigenvalue weighted by molar-refractivity contribution is 5.88. The Balaban J connectivity index is 1.83. The summed E-state index contributed by atoms with van der Waals surface area (Å²) in [5, 5.41) is 14.3. The number of carboxylic acid groups (broad SMARTS) is 1. The number of nitrogens with one attached hydrogen (secondary N) is 1. The van der Waals surface area contributed by atoms with Crippen molar-refractivity contribution < 1.29 is 14.7 Å². The number of benzene rings is 3. The number of rotatable bonds is 5. The zero-order valence-electron chi connectivity index (χ0n) is 15.7. The quantitative estimate of drug-likeness (QED) is 0.497. The lowest BCUT2D eigenvalue weighted by Crippen LogP contribution is -2.62. The van der Waals surface area contributed by atoms with Gasteiger partial charge in [-0.15, -0.1) is 0 Å². The maximum atomic E-state index is 11.9. The van der Waals surface area contributed by atoms with Crippen molar-refractivity contribution in [3.05, 3.63) is 77.9 Å². The van der Waals surface area contributed by atoms with Gasteiger partial charge in [-0.1, -0.05) is 60.7 Å². The van der Waals surface area contributed by atoms with E-state index in [9.17, 15) is 14.7 Å². The number of fused-ring (bicyclic) bond motifs is 2. The van der Waals surface area contributed by atoms with E-state index in [0.717, 1.165) is 22.0 Å². The molecule has 0 unspecified atom stereocenters. The molecule has 0 saturated heterocycles. The molecule has 0 bridgehead atoms. The van der Waals surface area contributed by atoms with Crippen LogP contribution in [0.15, 0.2) is 66.7 Å². The minimum absolute atomic E-state index is 0.0535. The van der Waals surface area contributed by atoms with E-state index >= 15 is 0 Å². The average Bonchev–Trinajstić information content (AvgIpc) is 3.05. The molecule has 0 fully saturated rings. The Labute approximate surface area is 167 Å². The molecule has 148 valence electrons. The summed E-state index contributed by atoms with van der Waals surface area (Å²) in [6, 6.07) is 19.3. The smallest absolute Gasteiger partial charge is 0.326 e. The molecule has 1 aliphatic rings. The summed E-state index contributed by atoms with van der Waals surface area (Å²) in [6.07, 6.45) is 0.369. The van der Waals surface area contributed by atoms with Crippen molar-refractivity contribution in [3.63, 3.8) is 0 Å². The highest BCUT2D eigenvalue weighted by Crippen LogP contribution is 2.35. The largest absolute Gasteiger partial charge is 0.480 e. The van der Waals surface area contributed by atoms with E-state index < -0.39 is 23.7 Å². The number of anilines is 1. The summed E-state index contributed by atoms with van der Waals surface area (Å²) in [4.78, 5) is 25.5. The van der Waals surface area contributed by atoms with Crippen molar-refractivity contribution in [1.82, 2.24) is 5.32 Å². The number of urea groups is 1. The number of carbonyl (C=O) groups is 2. The normalized spacial score (nSPS) is 17.6. The predicted molar refractivity (Wildman–Crippen MR) is 111 cm³/mol. The fourth-order valence-corrected chi connectivity index (χ4v) is 4.16. The fraction of sp³-hybridized carbons (Fsp3) is 0.182. The van der Waals surface area contributed by atoms with Crippen LogP contribution in [-0.4, -0.2) is 29.7 Å².